The Labute approximate surface area is 183 Å². The minimum absolute atomic E-state index is 0.0641. The van der Waals surface area contributed by atoms with E-state index in [1.54, 1.807) is 0 Å². The lowest BCUT2D eigenvalue weighted by Crippen LogP contribution is -2.41. The normalized spacial score (nSPS) is 18.9. The second kappa shape index (κ2) is 7.93. The summed E-state index contributed by atoms with van der Waals surface area (Å²) in [6, 6.07) is 12.6. The molecule has 1 atom stereocenters. The van der Waals surface area contributed by atoms with E-state index in [4.69, 9.17) is 0 Å². The highest BCUT2D eigenvalue weighted by Crippen LogP contribution is 2.32. The first kappa shape index (κ1) is 19.9. The van der Waals surface area contributed by atoms with E-state index in [1.807, 2.05) is 17.0 Å². The molecule has 0 saturated carbocycles. The molecule has 2 aliphatic heterocycles. The summed E-state index contributed by atoms with van der Waals surface area (Å²) < 4.78 is 2.21. The quantitative estimate of drug-likeness (QED) is 0.698. The Balaban J connectivity index is 1.51. The number of carbonyl (C=O) groups is 1. The Morgan fingerprint density at radius 1 is 1.13 bits per heavy atom. The van der Waals surface area contributed by atoms with Gasteiger partial charge in [-0.05, 0) is 47.9 Å². The van der Waals surface area contributed by atoms with E-state index in [2.05, 4.69) is 71.2 Å². The second-order valence-corrected chi connectivity index (χ2v) is 8.92. The summed E-state index contributed by atoms with van der Waals surface area (Å²) in [5, 5.41) is 14.3. The largest absolute Gasteiger partial charge is 0.329 e. The molecule has 3 aromatic rings. The predicted molar refractivity (Wildman–Crippen MR) is 123 cm³/mol. The van der Waals surface area contributed by atoms with E-state index < -0.39 is 0 Å². The van der Waals surface area contributed by atoms with Crippen molar-refractivity contribution in [2.24, 2.45) is 0 Å². The van der Waals surface area contributed by atoms with Gasteiger partial charge in [0.05, 0.1) is 12.6 Å². The third-order valence-corrected chi connectivity index (χ3v) is 6.42. The number of nitrogens with one attached hydrogen (secondary N) is 1. The average molecular weight is 416 g/mol. The lowest BCUT2D eigenvalue weighted by atomic mass is 9.92. The molecule has 0 spiro atoms. The first-order valence-electron chi connectivity index (χ1n) is 11.2. The van der Waals surface area contributed by atoms with Gasteiger partial charge in [-0.1, -0.05) is 50.3 Å². The number of fused-ring (bicyclic) bond motifs is 2. The van der Waals surface area contributed by atoms with Crippen LogP contribution in [0.3, 0.4) is 0 Å². The molecule has 2 aliphatic rings. The van der Waals surface area contributed by atoms with E-state index in [-0.39, 0.29) is 11.9 Å². The van der Waals surface area contributed by atoms with Gasteiger partial charge in [0.15, 0.2) is 5.82 Å². The summed E-state index contributed by atoms with van der Waals surface area (Å²) >= 11 is 0. The maximum Gasteiger partial charge on any atom is 0.254 e. The minimum Gasteiger partial charge on any atom is -0.329 e. The summed E-state index contributed by atoms with van der Waals surface area (Å²) in [5.41, 5.74) is 3.36. The van der Waals surface area contributed by atoms with Gasteiger partial charge in [0, 0.05) is 24.6 Å². The lowest BCUT2D eigenvalue weighted by molar-refractivity contribution is 0.0681. The highest BCUT2D eigenvalue weighted by Gasteiger charge is 2.31. The van der Waals surface area contributed by atoms with Crippen LogP contribution in [0.1, 0.15) is 66.7 Å². The van der Waals surface area contributed by atoms with Crippen molar-refractivity contribution in [1.29, 1.82) is 0 Å². The lowest BCUT2D eigenvalue weighted by Gasteiger charge is -2.33. The van der Waals surface area contributed by atoms with E-state index in [0.29, 0.717) is 19.0 Å². The molecule has 0 unspecified atom stereocenters. The van der Waals surface area contributed by atoms with Gasteiger partial charge in [-0.3, -0.25) is 4.79 Å². The Bertz CT molecular complexity index is 1180. The van der Waals surface area contributed by atoms with Crippen molar-refractivity contribution in [3.63, 3.8) is 0 Å². The SMILES string of the molecule is CC(C)c1nnc2n1[C@@H](C)CN(C(=O)c1cccc3c(C4=CCNCC4)cccc13)C2. The molecule has 6 heteroatoms. The van der Waals surface area contributed by atoms with Gasteiger partial charge < -0.3 is 14.8 Å². The Kier molecular flexibility index (Phi) is 5.10. The van der Waals surface area contributed by atoms with Crippen molar-refractivity contribution >= 4 is 22.3 Å². The monoisotopic (exact) mass is 415 g/mol. The molecule has 31 heavy (non-hydrogen) atoms. The fourth-order valence-corrected chi connectivity index (χ4v) is 4.92. The molecule has 3 heterocycles. The van der Waals surface area contributed by atoms with Gasteiger partial charge in [-0.15, -0.1) is 10.2 Å². The number of benzene rings is 2. The maximum atomic E-state index is 13.6. The molecule has 1 amide bonds. The van der Waals surface area contributed by atoms with Crippen molar-refractivity contribution in [2.45, 2.75) is 45.7 Å². The summed E-state index contributed by atoms with van der Waals surface area (Å²) in [5.74, 6) is 2.25. The van der Waals surface area contributed by atoms with E-state index in [9.17, 15) is 4.79 Å². The van der Waals surface area contributed by atoms with Crippen LogP contribution >= 0.6 is 0 Å². The summed E-state index contributed by atoms with van der Waals surface area (Å²) in [7, 11) is 0. The molecule has 1 aromatic heterocycles. The van der Waals surface area contributed by atoms with Crippen LogP contribution < -0.4 is 5.32 Å². The maximum absolute atomic E-state index is 13.6. The number of amides is 1. The molecule has 0 fully saturated rings. The van der Waals surface area contributed by atoms with Crippen LogP contribution in [0.4, 0.5) is 0 Å². The van der Waals surface area contributed by atoms with Crippen LogP contribution in [0.5, 0.6) is 0 Å². The third-order valence-electron chi connectivity index (χ3n) is 6.42. The highest BCUT2D eigenvalue weighted by atomic mass is 16.2. The topological polar surface area (TPSA) is 63.1 Å². The molecule has 0 saturated heterocycles. The van der Waals surface area contributed by atoms with Crippen molar-refractivity contribution in [1.82, 2.24) is 25.0 Å². The zero-order valence-electron chi connectivity index (χ0n) is 18.4. The molecular formula is C25H29N5O. The van der Waals surface area contributed by atoms with Crippen LogP contribution in [0.15, 0.2) is 42.5 Å². The molecule has 5 rings (SSSR count). The Hall–Kier alpha value is -2.99. The Morgan fingerprint density at radius 3 is 2.71 bits per heavy atom. The number of nitrogens with zero attached hydrogens (tertiary/aromatic N) is 4. The molecule has 1 N–H and O–H groups in total. The Morgan fingerprint density at radius 2 is 1.94 bits per heavy atom. The standard InChI is InChI=1S/C25H29N5O/c1-16(2)24-28-27-23-15-29(14-17(3)30(23)24)25(31)22-9-5-7-20-19(6-4-8-21(20)22)18-10-12-26-13-11-18/h4-10,16-17,26H,11-15H2,1-3H3/t17-/m0/s1. The summed E-state index contributed by atoms with van der Waals surface area (Å²) in [6.45, 7) is 9.45. The van der Waals surface area contributed by atoms with E-state index in [0.717, 1.165) is 47.5 Å². The van der Waals surface area contributed by atoms with Crippen molar-refractivity contribution in [3.05, 3.63) is 65.2 Å². The molecule has 6 nitrogen and oxygen atoms in total. The van der Waals surface area contributed by atoms with Crippen LogP contribution in [-0.4, -0.2) is 45.2 Å². The average Bonchev–Trinajstić information content (AvgIpc) is 3.23. The molecule has 0 radical (unpaired) electrons. The molecule has 0 aliphatic carbocycles. The van der Waals surface area contributed by atoms with Gasteiger partial charge >= 0.3 is 0 Å². The number of hydrogen-bond donors (Lipinski definition) is 1. The summed E-state index contributed by atoms with van der Waals surface area (Å²) in [6.07, 6.45) is 3.27. The second-order valence-electron chi connectivity index (χ2n) is 8.92. The van der Waals surface area contributed by atoms with Crippen LogP contribution in [0.25, 0.3) is 16.3 Å². The zero-order valence-corrected chi connectivity index (χ0v) is 18.4. The fraction of sp³-hybridized carbons (Fsp3) is 0.400. The number of hydrogen-bond acceptors (Lipinski definition) is 4. The van der Waals surface area contributed by atoms with E-state index in [1.165, 1.54) is 11.1 Å². The highest BCUT2D eigenvalue weighted by molar-refractivity contribution is 6.09. The molecular weight excluding hydrogens is 386 g/mol. The zero-order chi connectivity index (χ0) is 21.5. The summed E-state index contributed by atoms with van der Waals surface area (Å²) in [4.78, 5) is 15.6. The minimum atomic E-state index is 0.0641. The number of aromatic nitrogens is 3. The van der Waals surface area contributed by atoms with E-state index >= 15 is 0 Å². The van der Waals surface area contributed by atoms with Crippen LogP contribution in [0, 0.1) is 0 Å². The van der Waals surface area contributed by atoms with Crippen molar-refractivity contribution < 1.29 is 4.79 Å². The third kappa shape index (κ3) is 3.45. The smallest absolute Gasteiger partial charge is 0.254 e. The van der Waals surface area contributed by atoms with Gasteiger partial charge in [-0.2, -0.15) is 0 Å². The van der Waals surface area contributed by atoms with Crippen molar-refractivity contribution in [3.8, 4) is 0 Å². The van der Waals surface area contributed by atoms with Gasteiger partial charge in [0.25, 0.3) is 5.91 Å². The molecule has 160 valence electrons. The van der Waals surface area contributed by atoms with Crippen LogP contribution in [0.2, 0.25) is 0 Å². The molecule has 2 aromatic carbocycles. The predicted octanol–water partition coefficient (Wildman–Crippen LogP) is 4.15. The van der Waals surface area contributed by atoms with Crippen molar-refractivity contribution in [2.75, 3.05) is 19.6 Å². The van der Waals surface area contributed by atoms with Gasteiger partial charge in [0.2, 0.25) is 0 Å². The number of rotatable bonds is 3. The van der Waals surface area contributed by atoms with Crippen LogP contribution in [-0.2, 0) is 6.54 Å². The van der Waals surface area contributed by atoms with Gasteiger partial charge in [-0.25, -0.2) is 0 Å². The number of carbonyl (C=O) groups excluding carboxylic acids is 1. The fourth-order valence-electron chi connectivity index (χ4n) is 4.92. The first-order chi connectivity index (χ1) is 15.0. The van der Waals surface area contributed by atoms with Gasteiger partial charge in [0.1, 0.15) is 5.82 Å². The first-order valence-corrected chi connectivity index (χ1v) is 11.2. The molecule has 0 bridgehead atoms.